The van der Waals surface area contributed by atoms with E-state index in [0.29, 0.717) is 6.54 Å². The highest BCUT2D eigenvalue weighted by molar-refractivity contribution is 7.98. The standard InChI is InChI=1S/C10H18N2OS/c1-10(2,3)8-6-12-9(13-8)7-14-5-4-11/h6H,4-5,7,11H2,1-3H3. The topological polar surface area (TPSA) is 52.0 Å². The number of thioether (sulfide) groups is 1. The van der Waals surface area contributed by atoms with Crippen LogP contribution in [-0.2, 0) is 11.2 Å². The van der Waals surface area contributed by atoms with Gasteiger partial charge in [-0.2, -0.15) is 11.8 Å². The SMILES string of the molecule is CC(C)(C)c1cnc(CSCCN)o1. The van der Waals surface area contributed by atoms with E-state index in [-0.39, 0.29) is 5.41 Å². The van der Waals surface area contributed by atoms with Gasteiger partial charge in [0, 0.05) is 17.7 Å². The molecule has 0 radical (unpaired) electrons. The summed E-state index contributed by atoms with van der Waals surface area (Å²) in [6.07, 6.45) is 1.82. The Hall–Kier alpha value is -0.480. The quantitative estimate of drug-likeness (QED) is 0.780. The van der Waals surface area contributed by atoms with Crippen LogP contribution in [0.15, 0.2) is 10.6 Å². The fraction of sp³-hybridized carbons (Fsp3) is 0.700. The average Bonchev–Trinajstić information content (AvgIpc) is 2.52. The first-order chi connectivity index (χ1) is 6.54. The number of nitrogens with two attached hydrogens (primary N) is 1. The largest absolute Gasteiger partial charge is 0.444 e. The van der Waals surface area contributed by atoms with Crippen LogP contribution in [0.25, 0.3) is 0 Å². The Bertz CT molecular complexity index is 278. The molecule has 0 unspecified atom stereocenters. The summed E-state index contributed by atoms with van der Waals surface area (Å²) < 4.78 is 5.62. The van der Waals surface area contributed by atoms with E-state index in [9.17, 15) is 0 Å². The van der Waals surface area contributed by atoms with Gasteiger partial charge in [0.25, 0.3) is 0 Å². The van der Waals surface area contributed by atoms with Crippen LogP contribution < -0.4 is 5.73 Å². The van der Waals surface area contributed by atoms with Gasteiger partial charge in [0.1, 0.15) is 5.76 Å². The van der Waals surface area contributed by atoms with Crippen LogP contribution in [0.4, 0.5) is 0 Å². The zero-order valence-corrected chi connectivity index (χ0v) is 9.86. The molecule has 0 fully saturated rings. The molecule has 2 N–H and O–H groups in total. The molecular weight excluding hydrogens is 196 g/mol. The Kier molecular flexibility index (Phi) is 4.01. The predicted molar refractivity (Wildman–Crippen MR) is 60.4 cm³/mol. The molecule has 0 aliphatic carbocycles. The molecule has 0 aromatic carbocycles. The van der Waals surface area contributed by atoms with E-state index in [1.165, 1.54) is 0 Å². The Morgan fingerprint density at radius 2 is 2.21 bits per heavy atom. The van der Waals surface area contributed by atoms with Gasteiger partial charge in [-0.1, -0.05) is 20.8 Å². The fourth-order valence-electron chi connectivity index (χ4n) is 0.967. The van der Waals surface area contributed by atoms with E-state index in [0.717, 1.165) is 23.2 Å². The summed E-state index contributed by atoms with van der Waals surface area (Å²) in [5.74, 6) is 3.51. The molecule has 1 aromatic heterocycles. The van der Waals surface area contributed by atoms with Gasteiger partial charge in [-0.3, -0.25) is 0 Å². The molecule has 1 rings (SSSR count). The first kappa shape index (κ1) is 11.6. The molecule has 4 heteroatoms. The second kappa shape index (κ2) is 4.84. The molecule has 0 bridgehead atoms. The number of oxazole rings is 1. The van der Waals surface area contributed by atoms with E-state index in [2.05, 4.69) is 25.8 Å². The average molecular weight is 214 g/mol. The maximum atomic E-state index is 5.62. The van der Waals surface area contributed by atoms with Gasteiger partial charge in [-0.15, -0.1) is 0 Å². The first-order valence-corrected chi connectivity index (χ1v) is 5.92. The molecule has 80 valence electrons. The lowest BCUT2D eigenvalue weighted by molar-refractivity contribution is 0.391. The second-order valence-corrected chi connectivity index (χ2v) is 5.31. The number of rotatable bonds is 4. The van der Waals surface area contributed by atoms with Gasteiger partial charge >= 0.3 is 0 Å². The smallest absolute Gasteiger partial charge is 0.204 e. The van der Waals surface area contributed by atoms with Crippen molar-refractivity contribution in [3.63, 3.8) is 0 Å². The van der Waals surface area contributed by atoms with Crippen LogP contribution in [0.1, 0.15) is 32.4 Å². The van der Waals surface area contributed by atoms with Crippen LogP contribution in [-0.4, -0.2) is 17.3 Å². The third kappa shape index (κ3) is 3.35. The molecule has 0 spiro atoms. The zero-order valence-electron chi connectivity index (χ0n) is 9.04. The highest BCUT2D eigenvalue weighted by Gasteiger charge is 2.18. The van der Waals surface area contributed by atoms with Crippen LogP contribution in [0.2, 0.25) is 0 Å². The molecule has 14 heavy (non-hydrogen) atoms. The monoisotopic (exact) mass is 214 g/mol. The molecule has 0 aliphatic rings. The summed E-state index contributed by atoms with van der Waals surface area (Å²) >= 11 is 1.75. The van der Waals surface area contributed by atoms with Gasteiger partial charge in [-0.05, 0) is 0 Å². The number of hydrogen-bond acceptors (Lipinski definition) is 4. The minimum Gasteiger partial charge on any atom is -0.444 e. The van der Waals surface area contributed by atoms with E-state index >= 15 is 0 Å². The van der Waals surface area contributed by atoms with Crippen molar-refractivity contribution in [1.29, 1.82) is 0 Å². The normalized spacial score (nSPS) is 12.0. The predicted octanol–water partition coefficient (Wildman–Crippen LogP) is 2.16. The molecule has 0 saturated heterocycles. The third-order valence-corrected chi connectivity index (χ3v) is 2.76. The summed E-state index contributed by atoms with van der Waals surface area (Å²) in [5, 5.41) is 0. The summed E-state index contributed by atoms with van der Waals surface area (Å²) in [6, 6.07) is 0. The van der Waals surface area contributed by atoms with E-state index in [1.54, 1.807) is 11.8 Å². The molecule has 3 nitrogen and oxygen atoms in total. The van der Waals surface area contributed by atoms with Crippen molar-refractivity contribution in [3.8, 4) is 0 Å². The van der Waals surface area contributed by atoms with Crippen molar-refractivity contribution in [2.45, 2.75) is 31.9 Å². The summed E-state index contributed by atoms with van der Waals surface area (Å²) in [6.45, 7) is 7.05. The van der Waals surface area contributed by atoms with Crippen molar-refractivity contribution in [2.24, 2.45) is 5.73 Å². The first-order valence-electron chi connectivity index (χ1n) is 4.77. The minimum atomic E-state index is 0.0454. The number of hydrogen-bond donors (Lipinski definition) is 1. The van der Waals surface area contributed by atoms with Crippen molar-refractivity contribution in [1.82, 2.24) is 4.98 Å². The van der Waals surface area contributed by atoms with Gasteiger partial charge in [0.2, 0.25) is 5.89 Å². The molecular formula is C10H18N2OS. The summed E-state index contributed by atoms with van der Waals surface area (Å²) in [7, 11) is 0. The van der Waals surface area contributed by atoms with Crippen molar-refractivity contribution in [2.75, 3.05) is 12.3 Å². The van der Waals surface area contributed by atoms with Gasteiger partial charge in [0.15, 0.2) is 0 Å². The van der Waals surface area contributed by atoms with Crippen LogP contribution in [0.5, 0.6) is 0 Å². The maximum Gasteiger partial charge on any atom is 0.204 e. The summed E-state index contributed by atoms with van der Waals surface area (Å²) in [4.78, 5) is 4.23. The molecule has 0 saturated carbocycles. The third-order valence-electron chi connectivity index (χ3n) is 1.78. The Balaban J connectivity index is 2.51. The van der Waals surface area contributed by atoms with Gasteiger partial charge < -0.3 is 10.2 Å². The summed E-state index contributed by atoms with van der Waals surface area (Å²) in [5.41, 5.74) is 5.44. The van der Waals surface area contributed by atoms with Gasteiger partial charge in [0.05, 0.1) is 11.9 Å². The number of aromatic nitrogens is 1. The molecule has 1 heterocycles. The van der Waals surface area contributed by atoms with Crippen molar-refractivity contribution in [3.05, 3.63) is 17.8 Å². The Morgan fingerprint density at radius 3 is 2.71 bits per heavy atom. The van der Waals surface area contributed by atoms with Gasteiger partial charge in [-0.25, -0.2) is 4.98 Å². The molecule has 1 aromatic rings. The maximum absolute atomic E-state index is 5.62. The van der Waals surface area contributed by atoms with E-state index in [1.807, 2.05) is 6.20 Å². The van der Waals surface area contributed by atoms with E-state index in [4.69, 9.17) is 10.2 Å². The fourth-order valence-corrected chi connectivity index (χ4v) is 1.59. The van der Waals surface area contributed by atoms with Crippen molar-refractivity contribution >= 4 is 11.8 Å². The highest BCUT2D eigenvalue weighted by atomic mass is 32.2. The van der Waals surface area contributed by atoms with Crippen LogP contribution in [0, 0.1) is 0 Å². The zero-order chi connectivity index (χ0) is 10.6. The van der Waals surface area contributed by atoms with E-state index < -0.39 is 0 Å². The van der Waals surface area contributed by atoms with Crippen molar-refractivity contribution < 1.29 is 4.42 Å². The highest BCUT2D eigenvalue weighted by Crippen LogP contribution is 2.23. The number of nitrogens with zero attached hydrogens (tertiary/aromatic N) is 1. The Morgan fingerprint density at radius 1 is 1.50 bits per heavy atom. The second-order valence-electron chi connectivity index (χ2n) is 4.21. The van der Waals surface area contributed by atoms with Crippen LogP contribution in [0.3, 0.4) is 0 Å². The molecule has 0 aliphatic heterocycles. The molecule has 0 atom stereocenters. The lowest BCUT2D eigenvalue weighted by Gasteiger charge is -2.12. The van der Waals surface area contributed by atoms with Crippen LogP contribution >= 0.6 is 11.8 Å². The molecule has 0 amide bonds. The lowest BCUT2D eigenvalue weighted by Crippen LogP contribution is -2.09. The Labute approximate surface area is 89.5 Å². The lowest BCUT2D eigenvalue weighted by atomic mass is 9.94. The minimum absolute atomic E-state index is 0.0454.